The summed E-state index contributed by atoms with van der Waals surface area (Å²) >= 11 is 0. The molecule has 0 radical (unpaired) electrons. The fourth-order valence-electron chi connectivity index (χ4n) is 2.82. The Balaban J connectivity index is 2.12. The molecular formula is C15H20N2O4. The van der Waals surface area contributed by atoms with E-state index in [1.807, 2.05) is 6.92 Å². The molecule has 1 atom stereocenters. The van der Waals surface area contributed by atoms with Crippen LogP contribution in [0.25, 0.3) is 0 Å². The van der Waals surface area contributed by atoms with Gasteiger partial charge in [-0.1, -0.05) is 13.3 Å². The summed E-state index contributed by atoms with van der Waals surface area (Å²) in [6, 6.07) is 3.27. The van der Waals surface area contributed by atoms with E-state index in [0.29, 0.717) is 30.8 Å². The quantitative estimate of drug-likeness (QED) is 0.895. The molecule has 0 saturated carbocycles. The summed E-state index contributed by atoms with van der Waals surface area (Å²) in [5.41, 5.74) is -0.349. The Kier molecular flexibility index (Phi) is 4.45. The number of amides is 1. The molecule has 1 aromatic heterocycles. The number of methoxy groups -OCH3 is 1. The van der Waals surface area contributed by atoms with Crippen LogP contribution in [0.4, 0.5) is 0 Å². The third-order valence-corrected chi connectivity index (χ3v) is 4.02. The largest absolute Gasteiger partial charge is 0.481 e. The molecule has 1 unspecified atom stereocenters. The van der Waals surface area contributed by atoms with Crippen LogP contribution in [0.2, 0.25) is 0 Å². The highest BCUT2D eigenvalue weighted by Gasteiger charge is 2.45. The summed E-state index contributed by atoms with van der Waals surface area (Å²) in [6.07, 6.45) is 3.35. The van der Waals surface area contributed by atoms with E-state index in [1.165, 1.54) is 13.3 Å². The van der Waals surface area contributed by atoms with Crippen molar-refractivity contribution in [2.75, 3.05) is 20.2 Å². The Morgan fingerprint density at radius 3 is 2.76 bits per heavy atom. The monoisotopic (exact) mass is 292 g/mol. The average Bonchev–Trinajstić information content (AvgIpc) is 2.93. The maximum atomic E-state index is 12.4. The minimum atomic E-state index is -0.812. The number of aromatic nitrogens is 1. The standard InChI is InChI=1S/C15H20N2O4/c1-3-6-15(14(19)20)7-8-17(10-15)13(18)11-4-5-12(21-2)16-9-11/h4-5,9H,3,6-8,10H2,1-2H3,(H,19,20). The Bertz CT molecular complexity index is 529. The van der Waals surface area contributed by atoms with Gasteiger partial charge in [0, 0.05) is 25.4 Å². The number of pyridine rings is 1. The van der Waals surface area contributed by atoms with E-state index in [1.54, 1.807) is 17.0 Å². The number of aliphatic carboxylic acids is 1. The van der Waals surface area contributed by atoms with Crippen molar-refractivity contribution in [2.45, 2.75) is 26.2 Å². The number of likely N-dealkylation sites (tertiary alicyclic amines) is 1. The molecule has 1 aliphatic rings. The SMILES string of the molecule is CCCC1(C(=O)O)CCN(C(=O)c2ccc(OC)nc2)C1. The van der Waals surface area contributed by atoms with Crippen molar-refractivity contribution in [3.63, 3.8) is 0 Å². The van der Waals surface area contributed by atoms with Gasteiger partial charge >= 0.3 is 5.97 Å². The third kappa shape index (κ3) is 2.99. The van der Waals surface area contributed by atoms with Crippen molar-refractivity contribution >= 4 is 11.9 Å². The van der Waals surface area contributed by atoms with Crippen LogP contribution in [-0.4, -0.2) is 47.1 Å². The van der Waals surface area contributed by atoms with Gasteiger partial charge in [-0.15, -0.1) is 0 Å². The van der Waals surface area contributed by atoms with Crippen LogP contribution in [-0.2, 0) is 4.79 Å². The number of ether oxygens (including phenoxy) is 1. The molecule has 1 saturated heterocycles. The van der Waals surface area contributed by atoms with E-state index in [-0.39, 0.29) is 12.5 Å². The Morgan fingerprint density at radius 1 is 1.48 bits per heavy atom. The van der Waals surface area contributed by atoms with Crippen molar-refractivity contribution in [3.8, 4) is 5.88 Å². The van der Waals surface area contributed by atoms with Crippen LogP contribution in [0, 0.1) is 5.41 Å². The predicted octanol–water partition coefficient (Wildman–Crippen LogP) is 1.81. The molecule has 1 aromatic rings. The van der Waals surface area contributed by atoms with Gasteiger partial charge in [-0.25, -0.2) is 4.98 Å². The molecule has 0 aromatic carbocycles. The van der Waals surface area contributed by atoms with Gasteiger partial charge in [0.25, 0.3) is 5.91 Å². The molecule has 1 aliphatic heterocycles. The van der Waals surface area contributed by atoms with Gasteiger partial charge in [0.2, 0.25) is 5.88 Å². The molecule has 0 spiro atoms. The summed E-state index contributed by atoms with van der Waals surface area (Å²) in [4.78, 5) is 29.6. The summed E-state index contributed by atoms with van der Waals surface area (Å²) in [7, 11) is 1.51. The van der Waals surface area contributed by atoms with E-state index in [0.717, 1.165) is 6.42 Å². The van der Waals surface area contributed by atoms with E-state index in [9.17, 15) is 14.7 Å². The lowest BCUT2D eigenvalue weighted by molar-refractivity contribution is -0.148. The minimum absolute atomic E-state index is 0.176. The second-order valence-corrected chi connectivity index (χ2v) is 5.40. The second-order valence-electron chi connectivity index (χ2n) is 5.40. The van der Waals surface area contributed by atoms with Crippen LogP contribution < -0.4 is 4.74 Å². The van der Waals surface area contributed by atoms with E-state index in [2.05, 4.69) is 4.98 Å². The zero-order chi connectivity index (χ0) is 15.5. The Morgan fingerprint density at radius 2 is 2.24 bits per heavy atom. The number of rotatable bonds is 5. The number of carbonyl (C=O) groups is 2. The van der Waals surface area contributed by atoms with Gasteiger partial charge in [0.1, 0.15) is 0 Å². The zero-order valence-electron chi connectivity index (χ0n) is 12.3. The number of carboxylic acids is 1. The molecule has 6 nitrogen and oxygen atoms in total. The van der Waals surface area contributed by atoms with Crippen LogP contribution in [0.15, 0.2) is 18.3 Å². The Hall–Kier alpha value is -2.11. The molecule has 1 fully saturated rings. The Labute approximate surface area is 123 Å². The normalized spacial score (nSPS) is 21.3. The van der Waals surface area contributed by atoms with Crippen molar-refractivity contribution in [1.29, 1.82) is 0 Å². The molecule has 1 N–H and O–H groups in total. The molecule has 1 amide bonds. The van der Waals surface area contributed by atoms with Crippen LogP contribution in [0.1, 0.15) is 36.5 Å². The van der Waals surface area contributed by atoms with Crippen LogP contribution in [0.3, 0.4) is 0 Å². The third-order valence-electron chi connectivity index (χ3n) is 4.02. The maximum absolute atomic E-state index is 12.4. The highest BCUT2D eigenvalue weighted by atomic mass is 16.5. The van der Waals surface area contributed by atoms with E-state index in [4.69, 9.17) is 4.74 Å². The zero-order valence-corrected chi connectivity index (χ0v) is 12.3. The molecule has 0 bridgehead atoms. The summed E-state index contributed by atoms with van der Waals surface area (Å²) in [5.74, 6) is -0.546. The van der Waals surface area contributed by atoms with Gasteiger partial charge in [-0.3, -0.25) is 9.59 Å². The lowest BCUT2D eigenvalue weighted by Crippen LogP contribution is -2.37. The molecule has 114 valence electrons. The molecular weight excluding hydrogens is 272 g/mol. The fraction of sp³-hybridized carbons (Fsp3) is 0.533. The first-order valence-electron chi connectivity index (χ1n) is 7.05. The molecule has 21 heavy (non-hydrogen) atoms. The first-order chi connectivity index (χ1) is 10.0. The van der Waals surface area contributed by atoms with Gasteiger partial charge in [-0.2, -0.15) is 0 Å². The lowest BCUT2D eigenvalue weighted by atomic mass is 9.83. The van der Waals surface area contributed by atoms with E-state index >= 15 is 0 Å². The lowest BCUT2D eigenvalue weighted by Gasteiger charge is -2.24. The molecule has 2 heterocycles. The first kappa shape index (κ1) is 15.3. The molecule has 6 heteroatoms. The number of hydrogen-bond acceptors (Lipinski definition) is 4. The highest BCUT2D eigenvalue weighted by molar-refractivity contribution is 5.94. The molecule has 2 rings (SSSR count). The van der Waals surface area contributed by atoms with Crippen molar-refractivity contribution < 1.29 is 19.4 Å². The second kappa shape index (κ2) is 6.11. The highest BCUT2D eigenvalue weighted by Crippen LogP contribution is 2.36. The predicted molar refractivity (Wildman–Crippen MR) is 76.3 cm³/mol. The number of carbonyl (C=O) groups excluding carboxylic acids is 1. The first-order valence-corrected chi connectivity index (χ1v) is 7.05. The van der Waals surface area contributed by atoms with Crippen molar-refractivity contribution in [2.24, 2.45) is 5.41 Å². The van der Waals surface area contributed by atoms with Gasteiger partial charge in [0.05, 0.1) is 18.1 Å². The van der Waals surface area contributed by atoms with Crippen LogP contribution in [0.5, 0.6) is 5.88 Å². The minimum Gasteiger partial charge on any atom is -0.481 e. The average molecular weight is 292 g/mol. The number of nitrogens with zero attached hydrogens (tertiary/aromatic N) is 2. The summed E-state index contributed by atoms with van der Waals surface area (Å²) in [6.45, 7) is 2.70. The fourth-order valence-corrected chi connectivity index (χ4v) is 2.82. The maximum Gasteiger partial charge on any atom is 0.311 e. The van der Waals surface area contributed by atoms with Crippen LogP contribution >= 0.6 is 0 Å². The topological polar surface area (TPSA) is 79.7 Å². The molecule has 0 aliphatic carbocycles. The van der Waals surface area contributed by atoms with Crippen molar-refractivity contribution in [1.82, 2.24) is 9.88 Å². The van der Waals surface area contributed by atoms with E-state index < -0.39 is 11.4 Å². The van der Waals surface area contributed by atoms with Gasteiger partial charge in [-0.05, 0) is 18.9 Å². The van der Waals surface area contributed by atoms with Gasteiger partial charge < -0.3 is 14.7 Å². The number of carboxylic acid groups (broad SMARTS) is 1. The van der Waals surface area contributed by atoms with Gasteiger partial charge in [0.15, 0.2) is 0 Å². The number of hydrogen-bond donors (Lipinski definition) is 1. The summed E-state index contributed by atoms with van der Waals surface area (Å²) < 4.78 is 4.96. The summed E-state index contributed by atoms with van der Waals surface area (Å²) in [5, 5.41) is 9.47. The smallest absolute Gasteiger partial charge is 0.311 e. The van der Waals surface area contributed by atoms with Crippen molar-refractivity contribution in [3.05, 3.63) is 23.9 Å².